The van der Waals surface area contributed by atoms with Gasteiger partial charge in [-0.1, -0.05) is 30.3 Å². The molecule has 0 saturated carbocycles. The van der Waals surface area contributed by atoms with Crippen molar-refractivity contribution < 1.29 is 14.3 Å². The van der Waals surface area contributed by atoms with Crippen molar-refractivity contribution in [3.05, 3.63) is 35.9 Å². The number of rotatable bonds is 2. The zero-order valence-electron chi connectivity index (χ0n) is 13.6. The predicted molar refractivity (Wildman–Crippen MR) is 86.7 cm³/mol. The summed E-state index contributed by atoms with van der Waals surface area (Å²) < 4.78 is 5.37. The molecule has 0 unspecified atom stereocenters. The Labute approximate surface area is 137 Å². The first-order valence-corrected chi connectivity index (χ1v) is 8.35. The van der Waals surface area contributed by atoms with Crippen molar-refractivity contribution in [2.24, 2.45) is 5.92 Å². The van der Waals surface area contributed by atoms with Crippen molar-refractivity contribution >= 4 is 11.8 Å². The number of ether oxygens (including phenoxy) is 1. The topological polar surface area (TPSA) is 49.9 Å². The fourth-order valence-corrected chi connectivity index (χ4v) is 3.47. The predicted octanol–water partition coefficient (Wildman–Crippen LogP) is 1.84. The number of amides is 2. The molecule has 23 heavy (non-hydrogen) atoms. The van der Waals surface area contributed by atoms with E-state index < -0.39 is 0 Å². The van der Waals surface area contributed by atoms with E-state index in [9.17, 15) is 9.59 Å². The van der Waals surface area contributed by atoms with Gasteiger partial charge in [0.1, 0.15) is 0 Å². The minimum atomic E-state index is -0.0517. The maximum atomic E-state index is 13.0. The van der Waals surface area contributed by atoms with Crippen LogP contribution in [0.15, 0.2) is 30.3 Å². The number of benzene rings is 1. The van der Waals surface area contributed by atoms with E-state index in [4.69, 9.17) is 4.74 Å². The minimum absolute atomic E-state index is 0.0517. The number of carbonyl (C=O) groups excluding carboxylic acids is 2. The highest BCUT2D eigenvalue weighted by Gasteiger charge is 2.35. The summed E-state index contributed by atoms with van der Waals surface area (Å²) in [6.07, 6.45) is 1.60. The molecule has 2 saturated heterocycles. The van der Waals surface area contributed by atoms with Crippen LogP contribution in [-0.4, -0.2) is 54.5 Å². The van der Waals surface area contributed by atoms with Crippen molar-refractivity contribution in [2.75, 3.05) is 32.8 Å². The van der Waals surface area contributed by atoms with Gasteiger partial charge in [-0.05, 0) is 18.4 Å². The fourth-order valence-electron chi connectivity index (χ4n) is 3.47. The Morgan fingerprint density at radius 3 is 2.43 bits per heavy atom. The Morgan fingerprint density at radius 1 is 1.09 bits per heavy atom. The lowest BCUT2D eigenvalue weighted by molar-refractivity contribution is -0.147. The van der Waals surface area contributed by atoms with Gasteiger partial charge in [0.05, 0.1) is 6.04 Å². The van der Waals surface area contributed by atoms with Crippen LogP contribution in [0.1, 0.15) is 31.4 Å². The molecule has 3 rings (SSSR count). The lowest BCUT2D eigenvalue weighted by Crippen LogP contribution is -2.53. The average Bonchev–Trinajstić information content (AvgIpc) is 2.62. The van der Waals surface area contributed by atoms with Gasteiger partial charge in [0.15, 0.2) is 0 Å². The summed E-state index contributed by atoms with van der Waals surface area (Å²) in [7, 11) is 0. The highest BCUT2D eigenvalue weighted by atomic mass is 16.5. The molecule has 0 N–H and O–H groups in total. The number of hydrogen-bond acceptors (Lipinski definition) is 3. The minimum Gasteiger partial charge on any atom is -0.381 e. The van der Waals surface area contributed by atoms with E-state index in [0.29, 0.717) is 32.8 Å². The number of nitrogens with zero attached hydrogens (tertiary/aromatic N) is 2. The second kappa shape index (κ2) is 7.13. The van der Waals surface area contributed by atoms with Crippen LogP contribution in [0.3, 0.4) is 0 Å². The first kappa shape index (κ1) is 16.0. The third-order valence-corrected chi connectivity index (χ3v) is 4.86. The van der Waals surface area contributed by atoms with Crippen LogP contribution < -0.4 is 0 Å². The van der Waals surface area contributed by atoms with Crippen LogP contribution >= 0.6 is 0 Å². The van der Waals surface area contributed by atoms with E-state index in [1.165, 1.54) is 0 Å². The molecule has 2 amide bonds. The first-order valence-electron chi connectivity index (χ1n) is 8.35. The van der Waals surface area contributed by atoms with Gasteiger partial charge in [0.2, 0.25) is 11.8 Å². The number of hydrogen-bond donors (Lipinski definition) is 0. The van der Waals surface area contributed by atoms with Crippen molar-refractivity contribution in [3.8, 4) is 0 Å². The van der Waals surface area contributed by atoms with Gasteiger partial charge >= 0.3 is 0 Å². The van der Waals surface area contributed by atoms with E-state index in [-0.39, 0.29) is 23.8 Å². The highest BCUT2D eigenvalue weighted by molar-refractivity contribution is 5.80. The average molecular weight is 316 g/mol. The summed E-state index contributed by atoms with van der Waals surface area (Å²) in [6, 6.07) is 9.97. The Balaban J connectivity index is 1.81. The molecule has 5 nitrogen and oxygen atoms in total. The van der Waals surface area contributed by atoms with Crippen LogP contribution in [0.4, 0.5) is 0 Å². The number of carbonyl (C=O) groups is 2. The molecule has 1 aromatic carbocycles. The van der Waals surface area contributed by atoms with Crippen molar-refractivity contribution in [1.29, 1.82) is 0 Å². The SMILES string of the molecule is CC(=O)N1CCN(C(=O)C2CCOCC2)[C@@H](c2ccccc2)C1. The Kier molecular flexibility index (Phi) is 4.96. The monoisotopic (exact) mass is 316 g/mol. The van der Waals surface area contributed by atoms with Gasteiger partial charge in [0.25, 0.3) is 0 Å². The summed E-state index contributed by atoms with van der Waals surface area (Å²) in [6.45, 7) is 4.73. The van der Waals surface area contributed by atoms with Crippen LogP contribution in [0.25, 0.3) is 0 Å². The molecular formula is C18H24N2O3. The largest absolute Gasteiger partial charge is 0.381 e. The first-order chi connectivity index (χ1) is 11.2. The lowest BCUT2D eigenvalue weighted by atomic mass is 9.95. The molecule has 2 aliphatic heterocycles. The Hall–Kier alpha value is -1.88. The summed E-state index contributed by atoms with van der Waals surface area (Å²) in [5, 5.41) is 0. The van der Waals surface area contributed by atoms with Crippen molar-refractivity contribution in [1.82, 2.24) is 9.80 Å². The van der Waals surface area contributed by atoms with Crippen molar-refractivity contribution in [3.63, 3.8) is 0 Å². The van der Waals surface area contributed by atoms with Gasteiger partial charge in [0, 0.05) is 45.7 Å². The van der Waals surface area contributed by atoms with Gasteiger partial charge in [-0.2, -0.15) is 0 Å². The van der Waals surface area contributed by atoms with E-state index in [2.05, 4.69) is 0 Å². The maximum absolute atomic E-state index is 13.0. The van der Waals surface area contributed by atoms with Crippen LogP contribution in [-0.2, 0) is 14.3 Å². The van der Waals surface area contributed by atoms with E-state index >= 15 is 0 Å². The van der Waals surface area contributed by atoms with Crippen molar-refractivity contribution in [2.45, 2.75) is 25.8 Å². The van der Waals surface area contributed by atoms with E-state index in [1.54, 1.807) is 6.92 Å². The smallest absolute Gasteiger partial charge is 0.226 e. The van der Waals surface area contributed by atoms with Gasteiger partial charge in [-0.15, -0.1) is 0 Å². The molecule has 0 spiro atoms. The fraction of sp³-hybridized carbons (Fsp3) is 0.556. The van der Waals surface area contributed by atoms with Gasteiger partial charge < -0.3 is 14.5 Å². The summed E-state index contributed by atoms with van der Waals surface area (Å²) in [5.41, 5.74) is 1.10. The molecule has 0 aliphatic carbocycles. The molecule has 1 atom stereocenters. The molecule has 0 radical (unpaired) electrons. The van der Waals surface area contributed by atoms with Crippen LogP contribution in [0, 0.1) is 5.92 Å². The normalized spacial score (nSPS) is 22.9. The van der Waals surface area contributed by atoms with E-state index in [1.807, 2.05) is 40.1 Å². The zero-order chi connectivity index (χ0) is 16.2. The Morgan fingerprint density at radius 2 is 1.78 bits per heavy atom. The Bertz CT molecular complexity index is 555. The lowest BCUT2D eigenvalue weighted by Gasteiger charge is -2.43. The second-order valence-corrected chi connectivity index (χ2v) is 6.31. The highest BCUT2D eigenvalue weighted by Crippen LogP contribution is 2.29. The summed E-state index contributed by atoms with van der Waals surface area (Å²) in [5.74, 6) is 0.341. The van der Waals surface area contributed by atoms with Gasteiger partial charge in [-0.3, -0.25) is 9.59 Å². The van der Waals surface area contributed by atoms with Crippen LogP contribution in [0.5, 0.6) is 0 Å². The maximum Gasteiger partial charge on any atom is 0.226 e. The van der Waals surface area contributed by atoms with Gasteiger partial charge in [-0.25, -0.2) is 0 Å². The van der Waals surface area contributed by atoms with Crippen LogP contribution in [0.2, 0.25) is 0 Å². The molecule has 0 aromatic heterocycles. The summed E-state index contributed by atoms with van der Waals surface area (Å²) in [4.78, 5) is 28.6. The third kappa shape index (κ3) is 3.55. The number of piperazine rings is 1. The molecule has 0 bridgehead atoms. The van der Waals surface area contributed by atoms with E-state index in [0.717, 1.165) is 18.4 Å². The molecule has 1 aromatic rings. The summed E-state index contributed by atoms with van der Waals surface area (Å²) >= 11 is 0. The molecule has 2 fully saturated rings. The zero-order valence-corrected chi connectivity index (χ0v) is 13.6. The quantitative estimate of drug-likeness (QED) is 0.836. The standard InChI is InChI=1S/C18H24N2O3/c1-14(21)19-9-10-20(18(22)16-7-11-23-12-8-16)17(13-19)15-5-3-2-4-6-15/h2-6,16-17H,7-13H2,1H3/t17-/m1/s1. The molecule has 2 heterocycles. The second-order valence-electron chi connectivity index (χ2n) is 6.31. The molecular weight excluding hydrogens is 292 g/mol. The molecule has 5 heteroatoms. The third-order valence-electron chi connectivity index (χ3n) is 4.86. The molecule has 124 valence electrons. The molecule has 2 aliphatic rings.